The molecule has 5 nitrogen and oxygen atoms in total. The molecule has 1 fully saturated rings. The smallest absolute Gasteiger partial charge is 0.410 e. The number of aryl methyl sites for hydroxylation is 1. The molecule has 2 heterocycles. The van der Waals surface area contributed by atoms with Crippen LogP contribution in [0.25, 0.3) is 0 Å². The summed E-state index contributed by atoms with van der Waals surface area (Å²) in [4.78, 5) is 18.7. The number of aromatic nitrogens is 1. The number of rotatable bonds is 5. The van der Waals surface area contributed by atoms with Gasteiger partial charge in [-0.15, -0.1) is 11.3 Å². The van der Waals surface area contributed by atoms with Crippen molar-refractivity contribution in [1.29, 1.82) is 0 Å². The Morgan fingerprint density at radius 3 is 2.91 bits per heavy atom. The summed E-state index contributed by atoms with van der Waals surface area (Å²) in [6, 6.07) is 0.465. The molecule has 0 bridgehead atoms. The van der Waals surface area contributed by atoms with Gasteiger partial charge in [0, 0.05) is 30.9 Å². The molecular formula is C17H29N3O2S. The maximum absolute atomic E-state index is 12.3. The summed E-state index contributed by atoms with van der Waals surface area (Å²) >= 11 is 1.69. The van der Waals surface area contributed by atoms with Crippen molar-refractivity contribution < 1.29 is 9.53 Å². The van der Waals surface area contributed by atoms with E-state index in [1.165, 1.54) is 0 Å². The zero-order valence-corrected chi connectivity index (χ0v) is 15.7. The van der Waals surface area contributed by atoms with Gasteiger partial charge in [-0.05, 0) is 47.5 Å². The van der Waals surface area contributed by atoms with Crippen molar-refractivity contribution in [3.05, 3.63) is 16.1 Å². The third-order valence-corrected chi connectivity index (χ3v) is 4.84. The Kier molecular flexibility index (Phi) is 6.03. The number of hydrogen-bond acceptors (Lipinski definition) is 5. The van der Waals surface area contributed by atoms with Gasteiger partial charge in [-0.2, -0.15) is 0 Å². The second-order valence-corrected chi connectivity index (χ2v) is 8.30. The quantitative estimate of drug-likeness (QED) is 0.893. The lowest BCUT2D eigenvalue weighted by atomic mass is 10.1. The van der Waals surface area contributed by atoms with E-state index in [2.05, 4.69) is 22.6 Å². The van der Waals surface area contributed by atoms with Gasteiger partial charge in [0.25, 0.3) is 0 Å². The molecule has 0 radical (unpaired) electrons. The molecule has 130 valence electrons. The first-order chi connectivity index (χ1) is 10.8. The van der Waals surface area contributed by atoms with E-state index in [4.69, 9.17) is 4.74 Å². The van der Waals surface area contributed by atoms with Crippen molar-refractivity contribution in [2.45, 2.75) is 71.6 Å². The van der Waals surface area contributed by atoms with E-state index in [0.29, 0.717) is 0 Å². The largest absolute Gasteiger partial charge is 0.444 e. The minimum absolute atomic E-state index is 0.191. The van der Waals surface area contributed by atoms with Crippen LogP contribution in [0.1, 0.15) is 51.2 Å². The van der Waals surface area contributed by atoms with Crippen LogP contribution in [0.5, 0.6) is 0 Å². The molecule has 2 rings (SSSR count). The molecule has 0 saturated carbocycles. The fourth-order valence-corrected chi connectivity index (χ4v) is 3.59. The minimum atomic E-state index is -0.441. The molecule has 0 aromatic carbocycles. The molecular weight excluding hydrogens is 310 g/mol. The van der Waals surface area contributed by atoms with Crippen LogP contribution in [0, 0.1) is 6.92 Å². The summed E-state index contributed by atoms with van der Waals surface area (Å²) < 4.78 is 5.53. The van der Waals surface area contributed by atoms with Crippen molar-refractivity contribution >= 4 is 17.4 Å². The number of carbonyl (C=O) groups excluding carboxylic acids is 1. The van der Waals surface area contributed by atoms with Gasteiger partial charge in [0.15, 0.2) is 0 Å². The highest BCUT2D eigenvalue weighted by atomic mass is 32.1. The molecule has 1 amide bonds. The van der Waals surface area contributed by atoms with Gasteiger partial charge >= 0.3 is 6.09 Å². The minimum Gasteiger partial charge on any atom is -0.444 e. The number of hydrogen-bond donors (Lipinski definition) is 1. The van der Waals surface area contributed by atoms with Crippen LogP contribution in [0.2, 0.25) is 0 Å². The standard InChI is InChI=1S/C17H29N3O2S/c1-12(18-9-8-14-11-23-13(2)19-14)15-7-6-10-20(15)16(21)22-17(3,4)5/h11-12,15,18H,6-10H2,1-5H3/t12-,15+/m0/s1. The van der Waals surface area contributed by atoms with Crippen molar-refractivity contribution in [2.75, 3.05) is 13.1 Å². The highest BCUT2D eigenvalue weighted by molar-refractivity contribution is 7.09. The number of nitrogens with one attached hydrogen (secondary N) is 1. The summed E-state index contributed by atoms with van der Waals surface area (Å²) in [5, 5.41) is 6.77. The van der Waals surface area contributed by atoms with Gasteiger partial charge in [-0.1, -0.05) is 0 Å². The summed E-state index contributed by atoms with van der Waals surface area (Å²) in [5.41, 5.74) is 0.700. The Balaban J connectivity index is 1.82. The average molecular weight is 340 g/mol. The van der Waals surface area contributed by atoms with E-state index in [0.717, 1.165) is 43.1 Å². The Morgan fingerprint density at radius 1 is 1.57 bits per heavy atom. The van der Waals surface area contributed by atoms with Crippen LogP contribution in [-0.4, -0.2) is 46.8 Å². The fraction of sp³-hybridized carbons (Fsp3) is 0.765. The molecule has 1 aromatic rings. The maximum Gasteiger partial charge on any atom is 0.410 e. The lowest BCUT2D eigenvalue weighted by Crippen LogP contribution is -2.49. The first kappa shape index (κ1) is 18.2. The van der Waals surface area contributed by atoms with Crippen LogP contribution in [0.4, 0.5) is 4.79 Å². The van der Waals surface area contributed by atoms with Crippen LogP contribution < -0.4 is 5.32 Å². The highest BCUT2D eigenvalue weighted by Crippen LogP contribution is 2.23. The van der Waals surface area contributed by atoms with E-state index in [-0.39, 0.29) is 18.2 Å². The van der Waals surface area contributed by atoms with Crippen LogP contribution in [0.3, 0.4) is 0 Å². The Labute approximate surface area is 143 Å². The van der Waals surface area contributed by atoms with Gasteiger partial charge in [-0.3, -0.25) is 0 Å². The number of nitrogens with zero attached hydrogens (tertiary/aromatic N) is 2. The molecule has 1 N–H and O–H groups in total. The second kappa shape index (κ2) is 7.62. The van der Waals surface area contributed by atoms with Crippen LogP contribution in [0.15, 0.2) is 5.38 Å². The van der Waals surface area contributed by atoms with E-state index < -0.39 is 5.60 Å². The summed E-state index contributed by atoms with van der Waals surface area (Å²) in [6.45, 7) is 11.6. The topological polar surface area (TPSA) is 54.5 Å². The van der Waals surface area contributed by atoms with Gasteiger partial charge in [0.05, 0.1) is 16.7 Å². The third-order valence-electron chi connectivity index (χ3n) is 4.02. The van der Waals surface area contributed by atoms with Gasteiger partial charge in [0.1, 0.15) is 5.60 Å². The zero-order chi connectivity index (χ0) is 17.0. The molecule has 0 aliphatic carbocycles. The Bertz CT molecular complexity index is 524. The molecule has 1 aliphatic heterocycles. The Morgan fingerprint density at radius 2 is 2.30 bits per heavy atom. The first-order valence-electron chi connectivity index (χ1n) is 8.40. The molecule has 1 aromatic heterocycles. The predicted octanol–water partition coefficient (Wildman–Crippen LogP) is 3.37. The monoisotopic (exact) mass is 339 g/mol. The summed E-state index contributed by atoms with van der Waals surface area (Å²) in [5.74, 6) is 0. The lowest BCUT2D eigenvalue weighted by molar-refractivity contribution is 0.0201. The van der Waals surface area contributed by atoms with Crippen molar-refractivity contribution in [3.63, 3.8) is 0 Å². The fourth-order valence-electron chi connectivity index (χ4n) is 2.95. The lowest BCUT2D eigenvalue weighted by Gasteiger charge is -2.32. The number of thiazole rings is 1. The van der Waals surface area contributed by atoms with Crippen molar-refractivity contribution in [2.24, 2.45) is 0 Å². The van der Waals surface area contributed by atoms with E-state index >= 15 is 0 Å². The molecule has 1 saturated heterocycles. The molecule has 0 spiro atoms. The Hall–Kier alpha value is -1.14. The molecule has 0 unspecified atom stereocenters. The average Bonchev–Trinajstić information content (AvgIpc) is 3.05. The molecule has 1 aliphatic rings. The second-order valence-electron chi connectivity index (χ2n) is 7.23. The summed E-state index contributed by atoms with van der Waals surface area (Å²) in [6.07, 6.45) is 2.81. The predicted molar refractivity (Wildman–Crippen MR) is 94.0 cm³/mol. The number of likely N-dealkylation sites (tertiary alicyclic amines) is 1. The van der Waals surface area contributed by atoms with E-state index in [1.54, 1.807) is 11.3 Å². The first-order valence-corrected chi connectivity index (χ1v) is 9.28. The van der Waals surface area contributed by atoms with E-state index in [9.17, 15) is 4.79 Å². The van der Waals surface area contributed by atoms with Crippen molar-refractivity contribution in [1.82, 2.24) is 15.2 Å². The van der Waals surface area contributed by atoms with Crippen molar-refractivity contribution in [3.8, 4) is 0 Å². The van der Waals surface area contributed by atoms with Gasteiger partial charge < -0.3 is 15.0 Å². The van der Waals surface area contributed by atoms with Gasteiger partial charge in [0.2, 0.25) is 0 Å². The molecule has 23 heavy (non-hydrogen) atoms. The van der Waals surface area contributed by atoms with Crippen LogP contribution >= 0.6 is 11.3 Å². The number of ether oxygens (including phenoxy) is 1. The normalized spacial score (nSPS) is 19.9. The highest BCUT2D eigenvalue weighted by Gasteiger charge is 2.35. The van der Waals surface area contributed by atoms with Gasteiger partial charge in [-0.25, -0.2) is 9.78 Å². The van der Waals surface area contributed by atoms with Crippen LogP contribution in [-0.2, 0) is 11.2 Å². The zero-order valence-electron chi connectivity index (χ0n) is 14.9. The maximum atomic E-state index is 12.3. The number of carbonyl (C=O) groups is 1. The molecule has 2 atom stereocenters. The SMILES string of the molecule is Cc1nc(CCN[C@@H](C)[C@H]2CCCN2C(=O)OC(C)(C)C)cs1. The van der Waals surface area contributed by atoms with E-state index in [1.807, 2.05) is 32.6 Å². The third kappa shape index (κ3) is 5.46. The summed E-state index contributed by atoms with van der Waals surface area (Å²) in [7, 11) is 0. The number of amides is 1. The molecule has 6 heteroatoms.